The van der Waals surface area contributed by atoms with Crippen molar-refractivity contribution in [2.24, 2.45) is 0 Å². The minimum Gasteiger partial charge on any atom is -0.0612 e. The zero-order valence-corrected chi connectivity index (χ0v) is 12.1. The van der Waals surface area contributed by atoms with Crippen molar-refractivity contribution in [3.63, 3.8) is 0 Å². The van der Waals surface area contributed by atoms with Crippen molar-refractivity contribution in [3.8, 4) is 11.1 Å². The second-order valence-corrected chi connectivity index (χ2v) is 5.25. The van der Waals surface area contributed by atoms with E-state index in [0.717, 1.165) is 15.4 Å². The van der Waals surface area contributed by atoms with Gasteiger partial charge in [0.25, 0.3) is 0 Å². The molecule has 0 saturated carbocycles. The largest absolute Gasteiger partial charge is 0.0612 e. The molecule has 2 rings (SSSR count). The summed E-state index contributed by atoms with van der Waals surface area (Å²) in [5.74, 6) is 0. The van der Waals surface area contributed by atoms with Gasteiger partial charge in [0.05, 0.1) is 0 Å². The highest BCUT2D eigenvalue weighted by molar-refractivity contribution is 9.10. The highest BCUT2D eigenvalue weighted by Gasteiger charge is 2.06. The van der Waals surface area contributed by atoms with E-state index in [0.29, 0.717) is 0 Å². The van der Waals surface area contributed by atoms with Gasteiger partial charge in [-0.3, -0.25) is 0 Å². The Balaban J connectivity index is 2.51. The van der Waals surface area contributed by atoms with E-state index < -0.39 is 0 Å². The van der Waals surface area contributed by atoms with Crippen LogP contribution in [-0.2, 0) is 6.42 Å². The van der Waals surface area contributed by atoms with Crippen LogP contribution < -0.4 is 0 Å². The van der Waals surface area contributed by atoms with E-state index in [1.807, 2.05) is 6.07 Å². The van der Waals surface area contributed by atoms with E-state index in [1.54, 1.807) is 0 Å². The van der Waals surface area contributed by atoms with Crippen molar-refractivity contribution in [2.45, 2.75) is 13.3 Å². The summed E-state index contributed by atoms with van der Waals surface area (Å²) >= 11 is 7.10. The lowest BCUT2D eigenvalue weighted by Gasteiger charge is -2.08. The highest BCUT2D eigenvalue weighted by atomic mass is 79.9. The number of rotatable bonds is 2. The van der Waals surface area contributed by atoms with Gasteiger partial charge in [-0.05, 0) is 57.2 Å². The van der Waals surface area contributed by atoms with Crippen molar-refractivity contribution in [2.75, 3.05) is 0 Å². The Morgan fingerprint density at radius 2 is 1.75 bits per heavy atom. The lowest BCUT2D eigenvalue weighted by atomic mass is 10.0. The van der Waals surface area contributed by atoms with E-state index in [2.05, 4.69) is 75.2 Å². The van der Waals surface area contributed by atoms with Crippen LogP contribution in [0.2, 0.25) is 0 Å². The Labute approximate surface area is 113 Å². The first kappa shape index (κ1) is 11.9. The van der Waals surface area contributed by atoms with Gasteiger partial charge in [-0.2, -0.15) is 0 Å². The average molecular weight is 339 g/mol. The summed E-state index contributed by atoms with van der Waals surface area (Å²) < 4.78 is 2.26. The van der Waals surface area contributed by atoms with Crippen molar-refractivity contribution in [3.05, 3.63) is 57.0 Å². The quantitative estimate of drug-likeness (QED) is 0.702. The van der Waals surface area contributed by atoms with E-state index in [-0.39, 0.29) is 0 Å². The van der Waals surface area contributed by atoms with Crippen LogP contribution in [0.25, 0.3) is 11.1 Å². The molecule has 1 radical (unpaired) electrons. The molecule has 0 heterocycles. The predicted molar refractivity (Wildman–Crippen MR) is 75.5 cm³/mol. The lowest BCUT2D eigenvalue weighted by molar-refractivity contribution is 1.12. The Morgan fingerprint density at radius 3 is 2.38 bits per heavy atom. The molecule has 0 fully saturated rings. The minimum absolute atomic E-state index is 0.991. The van der Waals surface area contributed by atoms with Crippen LogP contribution in [0.5, 0.6) is 0 Å². The van der Waals surface area contributed by atoms with Crippen LogP contribution in [0.3, 0.4) is 0 Å². The molecule has 0 N–H and O–H groups in total. The van der Waals surface area contributed by atoms with Gasteiger partial charge in [0.1, 0.15) is 0 Å². The summed E-state index contributed by atoms with van der Waals surface area (Å²) in [7, 11) is 0. The van der Waals surface area contributed by atoms with Crippen molar-refractivity contribution < 1.29 is 0 Å². The summed E-state index contributed by atoms with van der Waals surface area (Å²) in [5.41, 5.74) is 3.67. The van der Waals surface area contributed by atoms with Gasteiger partial charge in [-0.25, -0.2) is 0 Å². The summed E-state index contributed by atoms with van der Waals surface area (Å²) in [6, 6.07) is 15.7. The second-order valence-electron chi connectivity index (χ2n) is 3.54. The molecule has 2 heteroatoms. The standard InChI is InChI=1S/C14H11Br2/c1-2-10-4-3-5-13(14(10)16)11-6-8-12(15)9-7-11/h3,5-9H,2H2,1H3. The Kier molecular flexibility index (Phi) is 3.82. The van der Waals surface area contributed by atoms with Crippen LogP contribution in [0.1, 0.15) is 12.5 Å². The normalized spacial score (nSPS) is 10.4. The zero-order valence-electron chi connectivity index (χ0n) is 8.93. The molecule has 0 aliphatic heterocycles. The Bertz CT molecular complexity index is 487. The molecule has 0 aromatic heterocycles. The smallest absolute Gasteiger partial charge is 0.0291 e. The van der Waals surface area contributed by atoms with Crippen molar-refractivity contribution >= 4 is 31.9 Å². The maximum atomic E-state index is 3.65. The van der Waals surface area contributed by atoms with Gasteiger partial charge in [0.15, 0.2) is 0 Å². The summed E-state index contributed by atoms with van der Waals surface area (Å²) in [5, 5.41) is 0. The van der Waals surface area contributed by atoms with Crippen molar-refractivity contribution in [1.29, 1.82) is 0 Å². The molecule has 0 saturated heterocycles. The van der Waals surface area contributed by atoms with Crippen molar-refractivity contribution in [1.82, 2.24) is 0 Å². The number of benzene rings is 2. The molecule has 0 bridgehead atoms. The van der Waals surface area contributed by atoms with Gasteiger partial charge in [0, 0.05) is 8.95 Å². The first-order chi connectivity index (χ1) is 7.72. The third kappa shape index (κ3) is 2.38. The molecule has 81 valence electrons. The van der Waals surface area contributed by atoms with E-state index in [1.165, 1.54) is 16.7 Å². The number of hydrogen-bond acceptors (Lipinski definition) is 0. The molecule has 0 atom stereocenters. The number of hydrogen-bond donors (Lipinski definition) is 0. The van der Waals surface area contributed by atoms with Gasteiger partial charge in [-0.1, -0.05) is 47.1 Å². The van der Waals surface area contributed by atoms with Gasteiger partial charge >= 0.3 is 0 Å². The fourth-order valence-corrected chi connectivity index (χ4v) is 2.65. The molecular weight excluding hydrogens is 328 g/mol. The Morgan fingerprint density at radius 1 is 1.06 bits per heavy atom. The molecule has 0 aliphatic carbocycles. The molecule has 2 aromatic carbocycles. The lowest BCUT2D eigenvalue weighted by Crippen LogP contribution is -1.87. The molecule has 0 spiro atoms. The number of aryl methyl sites for hydroxylation is 1. The van der Waals surface area contributed by atoms with E-state index in [4.69, 9.17) is 0 Å². The number of halogens is 2. The molecule has 0 aliphatic rings. The maximum absolute atomic E-state index is 3.65. The summed E-state index contributed by atoms with van der Waals surface area (Å²) in [4.78, 5) is 0. The molecular formula is C14H11Br2. The molecule has 16 heavy (non-hydrogen) atoms. The highest BCUT2D eigenvalue weighted by Crippen LogP contribution is 2.31. The summed E-state index contributed by atoms with van der Waals surface area (Å²) in [6.07, 6.45) is 0.991. The zero-order chi connectivity index (χ0) is 11.5. The van der Waals surface area contributed by atoms with E-state index >= 15 is 0 Å². The van der Waals surface area contributed by atoms with Crippen LogP contribution >= 0.6 is 31.9 Å². The maximum Gasteiger partial charge on any atom is 0.0291 e. The third-order valence-corrected chi connectivity index (χ3v) is 3.95. The van der Waals surface area contributed by atoms with Gasteiger partial charge in [0.2, 0.25) is 0 Å². The van der Waals surface area contributed by atoms with Crippen LogP contribution in [0.15, 0.2) is 45.3 Å². The van der Waals surface area contributed by atoms with Crippen LogP contribution in [0, 0.1) is 6.07 Å². The second kappa shape index (κ2) is 5.15. The summed E-state index contributed by atoms with van der Waals surface area (Å²) in [6.45, 7) is 2.14. The SMILES string of the molecule is CCc1[c]ccc(-c2ccc(Br)cc2)c1Br. The molecule has 0 amide bonds. The van der Waals surface area contributed by atoms with Crippen LogP contribution in [-0.4, -0.2) is 0 Å². The Hall–Kier alpha value is -0.600. The molecule has 0 nitrogen and oxygen atoms in total. The molecule has 2 aromatic rings. The minimum atomic E-state index is 0.991. The average Bonchev–Trinajstić information content (AvgIpc) is 2.31. The fourth-order valence-electron chi connectivity index (χ4n) is 1.63. The van der Waals surface area contributed by atoms with Gasteiger partial charge in [-0.15, -0.1) is 0 Å². The van der Waals surface area contributed by atoms with Gasteiger partial charge < -0.3 is 0 Å². The monoisotopic (exact) mass is 337 g/mol. The predicted octanol–water partition coefficient (Wildman–Crippen LogP) is 5.24. The van der Waals surface area contributed by atoms with E-state index in [9.17, 15) is 0 Å². The fraction of sp³-hybridized carbons (Fsp3) is 0.143. The topological polar surface area (TPSA) is 0 Å². The first-order valence-electron chi connectivity index (χ1n) is 5.17. The third-order valence-electron chi connectivity index (χ3n) is 2.52. The first-order valence-corrected chi connectivity index (χ1v) is 6.76. The molecule has 0 unspecified atom stereocenters. The van der Waals surface area contributed by atoms with Crippen LogP contribution in [0.4, 0.5) is 0 Å².